The fourth-order valence-electron chi connectivity index (χ4n) is 1.06. The van der Waals surface area contributed by atoms with E-state index in [0.717, 1.165) is 0 Å². The molecule has 0 radical (unpaired) electrons. The van der Waals surface area contributed by atoms with E-state index in [1.165, 1.54) is 0 Å². The van der Waals surface area contributed by atoms with Gasteiger partial charge >= 0.3 is 7.12 Å². The maximum absolute atomic E-state index is 11.9. The highest BCUT2D eigenvalue weighted by molar-refractivity contribution is 6.51. The fourth-order valence-corrected chi connectivity index (χ4v) is 1.06. The Morgan fingerprint density at radius 2 is 1.46 bits per heavy atom. The molecule has 0 aromatic rings. The molecule has 0 aliphatic carbocycles. The summed E-state index contributed by atoms with van der Waals surface area (Å²) in [6, 6.07) is 0. The highest BCUT2D eigenvalue weighted by atomic mass is 19.3. The zero-order valence-corrected chi connectivity index (χ0v) is 8.23. The minimum Gasteiger partial charge on any atom is -0.400 e. The van der Waals surface area contributed by atoms with Crippen molar-refractivity contribution in [3.63, 3.8) is 0 Å². The summed E-state index contributed by atoms with van der Waals surface area (Å²) in [5.74, 6) is 0.677. The van der Waals surface area contributed by atoms with Crippen LogP contribution in [-0.2, 0) is 9.31 Å². The summed E-state index contributed by atoms with van der Waals surface area (Å²) in [7, 11) is -0.935. The zero-order valence-electron chi connectivity index (χ0n) is 8.23. The van der Waals surface area contributed by atoms with Crippen LogP contribution in [0.1, 0.15) is 27.7 Å². The minimum atomic E-state index is -1.78. The van der Waals surface area contributed by atoms with Crippen LogP contribution in [0, 0.1) is 0 Å². The molecule has 0 aromatic heterocycles. The Balaban J connectivity index is 2.77. The monoisotopic (exact) mass is 190 g/mol. The summed E-state index contributed by atoms with van der Waals surface area (Å²) in [4.78, 5) is 0. The molecule has 0 N–H and O–H groups in total. The fraction of sp³-hybridized carbons (Fsp3) is 0.750. The number of hydrogen-bond acceptors (Lipinski definition) is 2. The van der Waals surface area contributed by atoms with Crippen LogP contribution < -0.4 is 0 Å². The lowest BCUT2D eigenvalue weighted by Crippen LogP contribution is -2.41. The van der Waals surface area contributed by atoms with Crippen molar-refractivity contribution in [2.75, 3.05) is 0 Å². The normalized spacial score (nSPS) is 24.6. The molecule has 1 heterocycles. The molecular formula is C8H13BF2O2. The molecular weight excluding hydrogens is 177 g/mol. The van der Waals surface area contributed by atoms with E-state index in [0.29, 0.717) is 5.98 Å². The van der Waals surface area contributed by atoms with Crippen LogP contribution in [0.2, 0.25) is 0 Å². The van der Waals surface area contributed by atoms with Gasteiger partial charge in [0.15, 0.2) is 0 Å². The molecule has 2 nitrogen and oxygen atoms in total. The standard InChI is InChI=1S/C8H13BF2O2/c1-7(2)8(3,4)13-9(12-7)5-6(10)11/h5H,1-4H3. The molecule has 1 fully saturated rings. The third-order valence-electron chi connectivity index (χ3n) is 2.53. The zero-order chi connectivity index (χ0) is 10.3. The van der Waals surface area contributed by atoms with E-state index >= 15 is 0 Å². The van der Waals surface area contributed by atoms with Crippen molar-refractivity contribution in [3.05, 3.63) is 12.1 Å². The topological polar surface area (TPSA) is 18.5 Å². The lowest BCUT2D eigenvalue weighted by atomic mass is 9.90. The van der Waals surface area contributed by atoms with Crippen LogP contribution >= 0.6 is 0 Å². The van der Waals surface area contributed by atoms with E-state index in [2.05, 4.69) is 0 Å². The molecule has 0 atom stereocenters. The van der Waals surface area contributed by atoms with E-state index in [1.807, 2.05) is 27.7 Å². The van der Waals surface area contributed by atoms with Crippen LogP contribution in [0.5, 0.6) is 0 Å². The van der Waals surface area contributed by atoms with Gasteiger partial charge in [-0.15, -0.1) is 0 Å². The molecule has 13 heavy (non-hydrogen) atoms. The van der Waals surface area contributed by atoms with Crippen LogP contribution in [0.4, 0.5) is 8.78 Å². The van der Waals surface area contributed by atoms with Crippen molar-refractivity contribution in [1.29, 1.82) is 0 Å². The molecule has 0 saturated carbocycles. The second-order valence-corrected chi connectivity index (χ2v) is 4.08. The highest BCUT2D eigenvalue weighted by Gasteiger charge is 2.50. The van der Waals surface area contributed by atoms with Gasteiger partial charge in [0.25, 0.3) is 6.08 Å². The molecule has 0 unspecified atom stereocenters. The molecule has 1 aliphatic rings. The Bertz CT molecular complexity index is 218. The molecule has 1 aliphatic heterocycles. The first-order valence-corrected chi connectivity index (χ1v) is 4.13. The van der Waals surface area contributed by atoms with Gasteiger partial charge in [-0.2, -0.15) is 8.78 Å². The summed E-state index contributed by atoms with van der Waals surface area (Å²) >= 11 is 0. The number of rotatable bonds is 1. The summed E-state index contributed by atoms with van der Waals surface area (Å²) in [5, 5.41) is 0. The molecule has 74 valence electrons. The second kappa shape index (κ2) is 3.06. The molecule has 1 saturated heterocycles. The SMILES string of the molecule is CC1(C)OB(C=C(F)F)OC1(C)C. The van der Waals surface area contributed by atoms with Crippen molar-refractivity contribution < 1.29 is 18.1 Å². The quantitative estimate of drug-likeness (QED) is 0.591. The number of hydrogen-bond donors (Lipinski definition) is 0. The lowest BCUT2D eigenvalue weighted by molar-refractivity contribution is 0.00578. The van der Waals surface area contributed by atoms with E-state index < -0.39 is 24.4 Å². The van der Waals surface area contributed by atoms with Crippen molar-refractivity contribution in [3.8, 4) is 0 Å². The smallest absolute Gasteiger partial charge is 0.400 e. The van der Waals surface area contributed by atoms with Gasteiger partial charge < -0.3 is 9.31 Å². The molecule has 0 spiro atoms. The first-order chi connectivity index (χ1) is 5.74. The van der Waals surface area contributed by atoms with E-state index in [1.54, 1.807) is 0 Å². The Morgan fingerprint density at radius 3 is 1.77 bits per heavy atom. The second-order valence-electron chi connectivity index (χ2n) is 4.08. The van der Waals surface area contributed by atoms with Gasteiger partial charge in [-0.05, 0) is 27.7 Å². The molecule has 0 aromatic carbocycles. The summed E-state index contributed by atoms with van der Waals surface area (Å²) in [5.41, 5.74) is -1.10. The molecule has 0 bridgehead atoms. The predicted molar refractivity (Wildman–Crippen MR) is 46.4 cm³/mol. The van der Waals surface area contributed by atoms with Gasteiger partial charge in [0.05, 0.1) is 11.2 Å². The first-order valence-electron chi connectivity index (χ1n) is 4.13. The van der Waals surface area contributed by atoms with Crippen LogP contribution in [0.3, 0.4) is 0 Å². The van der Waals surface area contributed by atoms with Crippen LogP contribution in [0.25, 0.3) is 0 Å². The van der Waals surface area contributed by atoms with Gasteiger partial charge in [-0.25, -0.2) is 0 Å². The van der Waals surface area contributed by atoms with Crippen molar-refractivity contribution in [2.45, 2.75) is 38.9 Å². The van der Waals surface area contributed by atoms with Gasteiger partial charge in [-0.1, -0.05) is 0 Å². The summed E-state index contributed by atoms with van der Waals surface area (Å²) in [6.45, 7) is 7.27. The lowest BCUT2D eigenvalue weighted by Gasteiger charge is -2.32. The first kappa shape index (κ1) is 10.7. The average Bonchev–Trinajstić information content (AvgIpc) is 1.98. The molecule has 5 heteroatoms. The van der Waals surface area contributed by atoms with Gasteiger partial charge in [0, 0.05) is 5.98 Å². The van der Waals surface area contributed by atoms with Gasteiger partial charge in [-0.3, -0.25) is 0 Å². The van der Waals surface area contributed by atoms with Crippen LogP contribution in [0.15, 0.2) is 12.1 Å². The Hall–Kier alpha value is -0.415. The Kier molecular flexibility index (Phi) is 2.51. The maximum Gasteiger partial charge on any atom is 0.492 e. The minimum absolute atomic E-state index is 0.552. The van der Waals surface area contributed by atoms with Crippen LogP contribution in [-0.4, -0.2) is 18.3 Å². The molecule has 0 amide bonds. The molecule has 1 rings (SSSR count). The van der Waals surface area contributed by atoms with Crippen molar-refractivity contribution in [2.24, 2.45) is 0 Å². The average molecular weight is 190 g/mol. The van der Waals surface area contributed by atoms with E-state index in [4.69, 9.17) is 9.31 Å². The summed E-state index contributed by atoms with van der Waals surface area (Å²) < 4.78 is 34.4. The van der Waals surface area contributed by atoms with Gasteiger partial charge in [0.2, 0.25) is 0 Å². The third-order valence-corrected chi connectivity index (χ3v) is 2.53. The number of halogens is 2. The van der Waals surface area contributed by atoms with E-state index in [-0.39, 0.29) is 0 Å². The predicted octanol–water partition coefficient (Wildman–Crippen LogP) is 2.40. The highest BCUT2D eigenvalue weighted by Crippen LogP contribution is 2.37. The van der Waals surface area contributed by atoms with E-state index in [9.17, 15) is 8.78 Å². The maximum atomic E-state index is 11.9. The Morgan fingerprint density at radius 1 is 1.08 bits per heavy atom. The van der Waals surface area contributed by atoms with Crippen molar-refractivity contribution in [1.82, 2.24) is 0 Å². The van der Waals surface area contributed by atoms with Gasteiger partial charge in [0.1, 0.15) is 0 Å². The van der Waals surface area contributed by atoms with Crippen molar-refractivity contribution >= 4 is 7.12 Å². The Labute approximate surface area is 77.0 Å². The summed E-state index contributed by atoms with van der Waals surface area (Å²) in [6.07, 6.45) is -1.78. The third kappa shape index (κ3) is 2.09. The largest absolute Gasteiger partial charge is 0.492 e.